The number of hydrogen-bond donors (Lipinski definition) is 1. The van der Waals surface area contributed by atoms with Crippen molar-refractivity contribution in [1.82, 2.24) is 9.55 Å². The highest BCUT2D eigenvalue weighted by Crippen LogP contribution is 2.21. The highest BCUT2D eigenvalue weighted by molar-refractivity contribution is 7.99. The number of hydrogen-bond acceptors (Lipinski definition) is 4. The second kappa shape index (κ2) is 9.40. The topological polar surface area (TPSA) is 64.0 Å². The largest absolute Gasteiger partial charge is 0.325 e. The highest BCUT2D eigenvalue weighted by Gasteiger charge is 2.14. The molecular formula is C26H25N3O2S. The van der Waals surface area contributed by atoms with E-state index in [4.69, 9.17) is 4.98 Å². The fourth-order valence-corrected chi connectivity index (χ4v) is 4.26. The van der Waals surface area contributed by atoms with Gasteiger partial charge in [-0.25, -0.2) is 4.98 Å². The van der Waals surface area contributed by atoms with Crippen LogP contribution in [0.3, 0.4) is 0 Å². The third-order valence-corrected chi connectivity index (χ3v) is 6.26. The number of fused-ring (bicyclic) bond motifs is 1. The van der Waals surface area contributed by atoms with Crippen LogP contribution in [0.15, 0.2) is 76.7 Å². The number of nitrogens with one attached hydrogen (secondary N) is 1. The van der Waals surface area contributed by atoms with Crippen LogP contribution in [0.1, 0.15) is 22.3 Å². The number of carbonyl (C=O) groups is 1. The Kier molecular flexibility index (Phi) is 6.42. The Morgan fingerprint density at radius 1 is 0.969 bits per heavy atom. The predicted molar refractivity (Wildman–Crippen MR) is 132 cm³/mol. The molecule has 5 nitrogen and oxygen atoms in total. The van der Waals surface area contributed by atoms with Gasteiger partial charge < -0.3 is 5.32 Å². The Hall–Kier alpha value is -3.38. The highest BCUT2D eigenvalue weighted by atomic mass is 32.2. The second-order valence-corrected chi connectivity index (χ2v) is 8.89. The molecule has 162 valence electrons. The fourth-order valence-electron chi connectivity index (χ4n) is 3.46. The van der Waals surface area contributed by atoms with Crippen molar-refractivity contribution in [3.05, 3.63) is 99.3 Å². The van der Waals surface area contributed by atoms with Crippen molar-refractivity contribution in [2.45, 2.75) is 32.5 Å². The summed E-state index contributed by atoms with van der Waals surface area (Å²) < 4.78 is 1.66. The molecule has 1 N–H and O–H groups in total. The molecule has 1 amide bonds. The molecule has 3 aromatic carbocycles. The summed E-state index contributed by atoms with van der Waals surface area (Å²) in [4.78, 5) is 30.6. The van der Waals surface area contributed by atoms with Crippen molar-refractivity contribution in [2.24, 2.45) is 0 Å². The molecule has 4 aromatic rings. The number of rotatable bonds is 6. The van der Waals surface area contributed by atoms with E-state index in [1.807, 2.05) is 81.4 Å². The van der Waals surface area contributed by atoms with Crippen LogP contribution in [0, 0.1) is 20.8 Å². The van der Waals surface area contributed by atoms with Crippen LogP contribution in [0.5, 0.6) is 0 Å². The predicted octanol–water partition coefficient (Wildman–Crippen LogP) is 5.10. The maximum atomic E-state index is 13.2. The van der Waals surface area contributed by atoms with Crippen LogP contribution in [0.2, 0.25) is 0 Å². The van der Waals surface area contributed by atoms with Crippen LogP contribution in [-0.2, 0) is 11.3 Å². The Morgan fingerprint density at radius 2 is 1.69 bits per heavy atom. The molecule has 0 atom stereocenters. The quantitative estimate of drug-likeness (QED) is 0.333. The smallest absolute Gasteiger partial charge is 0.262 e. The molecule has 0 fully saturated rings. The lowest BCUT2D eigenvalue weighted by Gasteiger charge is -2.14. The number of anilines is 1. The van der Waals surface area contributed by atoms with Crippen molar-refractivity contribution in [3.63, 3.8) is 0 Å². The first-order chi connectivity index (χ1) is 15.4. The Bertz CT molecular complexity index is 1340. The molecule has 0 saturated carbocycles. The fraction of sp³-hybridized carbons (Fsp3) is 0.192. The standard InChI is InChI=1S/C26H25N3O2S/c1-17-9-12-20(13-10-17)15-29-25(31)21-6-4-5-7-22(21)28-26(29)32-16-24(30)27-23-14-18(2)8-11-19(23)3/h4-14H,15-16H2,1-3H3,(H,27,30). The molecule has 6 heteroatoms. The van der Waals surface area contributed by atoms with Crippen molar-refractivity contribution in [2.75, 3.05) is 11.1 Å². The number of aryl methyl sites for hydroxylation is 3. The number of carbonyl (C=O) groups excluding carboxylic acids is 1. The summed E-state index contributed by atoms with van der Waals surface area (Å²) in [7, 11) is 0. The molecule has 4 rings (SSSR count). The average molecular weight is 444 g/mol. The minimum absolute atomic E-state index is 0.103. The van der Waals surface area contributed by atoms with E-state index in [1.165, 1.54) is 11.8 Å². The van der Waals surface area contributed by atoms with Crippen LogP contribution < -0.4 is 10.9 Å². The third kappa shape index (κ3) is 4.92. The summed E-state index contributed by atoms with van der Waals surface area (Å²) in [6, 6.07) is 21.4. The maximum absolute atomic E-state index is 13.2. The Morgan fingerprint density at radius 3 is 2.47 bits per heavy atom. The summed E-state index contributed by atoms with van der Waals surface area (Å²) in [5.74, 6) is 0.0273. The number of nitrogens with zero attached hydrogens (tertiary/aromatic N) is 2. The van der Waals surface area contributed by atoms with Gasteiger partial charge in [0.15, 0.2) is 5.16 Å². The first-order valence-electron chi connectivity index (χ1n) is 10.5. The molecule has 0 spiro atoms. The van der Waals surface area contributed by atoms with E-state index in [2.05, 4.69) is 5.32 Å². The minimum atomic E-state index is -0.131. The van der Waals surface area contributed by atoms with Gasteiger partial charge in [-0.05, 0) is 55.7 Å². The van der Waals surface area contributed by atoms with E-state index in [9.17, 15) is 9.59 Å². The van der Waals surface area contributed by atoms with E-state index in [0.717, 1.165) is 27.9 Å². The normalized spacial score (nSPS) is 11.0. The molecular weight excluding hydrogens is 418 g/mol. The lowest BCUT2D eigenvalue weighted by Crippen LogP contribution is -2.25. The first-order valence-corrected chi connectivity index (χ1v) is 11.4. The van der Waals surface area contributed by atoms with Gasteiger partial charge in [-0.3, -0.25) is 14.2 Å². The Labute approximate surface area is 191 Å². The van der Waals surface area contributed by atoms with Gasteiger partial charge in [-0.15, -0.1) is 0 Å². The number of amides is 1. The summed E-state index contributed by atoms with van der Waals surface area (Å²) >= 11 is 1.28. The number of aromatic nitrogens is 2. The second-order valence-electron chi connectivity index (χ2n) is 7.94. The zero-order valence-corrected chi connectivity index (χ0v) is 19.2. The third-order valence-electron chi connectivity index (χ3n) is 5.29. The maximum Gasteiger partial charge on any atom is 0.262 e. The lowest BCUT2D eigenvalue weighted by atomic mass is 10.1. The summed E-state index contributed by atoms with van der Waals surface area (Å²) in [5, 5.41) is 4.08. The average Bonchev–Trinajstić information content (AvgIpc) is 2.78. The van der Waals surface area contributed by atoms with E-state index in [0.29, 0.717) is 22.6 Å². The summed E-state index contributed by atoms with van der Waals surface area (Å²) in [6.45, 7) is 6.39. The van der Waals surface area contributed by atoms with Crippen LogP contribution in [-0.4, -0.2) is 21.2 Å². The van der Waals surface area contributed by atoms with Gasteiger partial charge in [0.05, 0.1) is 23.2 Å². The first kappa shape index (κ1) is 21.8. The van der Waals surface area contributed by atoms with Crippen LogP contribution in [0.4, 0.5) is 5.69 Å². The minimum Gasteiger partial charge on any atom is -0.325 e. The molecule has 0 aliphatic carbocycles. The molecule has 1 aromatic heterocycles. The lowest BCUT2D eigenvalue weighted by molar-refractivity contribution is -0.113. The van der Waals surface area contributed by atoms with Crippen molar-refractivity contribution >= 4 is 34.3 Å². The van der Waals surface area contributed by atoms with E-state index in [-0.39, 0.29) is 17.2 Å². The van der Waals surface area contributed by atoms with Gasteiger partial charge in [0.25, 0.3) is 5.56 Å². The summed E-state index contributed by atoms with van der Waals surface area (Å²) in [5.41, 5.74) is 5.60. The number of benzene rings is 3. The van der Waals surface area contributed by atoms with Crippen LogP contribution in [0.25, 0.3) is 10.9 Å². The van der Waals surface area contributed by atoms with Gasteiger partial charge in [0.2, 0.25) is 5.91 Å². The van der Waals surface area contributed by atoms with Gasteiger partial charge in [-0.2, -0.15) is 0 Å². The SMILES string of the molecule is Cc1ccc(Cn2c(SCC(=O)Nc3cc(C)ccc3C)nc3ccccc3c2=O)cc1. The van der Waals surface area contributed by atoms with E-state index >= 15 is 0 Å². The van der Waals surface area contributed by atoms with Crippen molar-refractivity contribution < 1.29 is 4.79 Å². The zero-order chi connectivity index (χ0) is 22.7. The molecule has 0 bridgehead atoms. The van der Waals surface area contributed by atoms with Gasteiger partial charge in [0.1, 0.15) is 0 Å². The molecule has 0 aliphatic heterocycles. The van der Waals surface area contributed by atoms with Crippen molar-refractivity contribution in [1.29, 1.82) is 0 Å². The molecule has 32 heavy (non-hydrogen) atoms. The number of thioether (sulfide) groups is 1. The molecule has 0 unspecified atom stereocenters. The molecule has 0 radical (unpaired) electrons. The molecule has 0 saturated heterocycles. The van der Waals surface area contributed by atoms with Crippen molar-refractivity contribution in [3.8, 4) is 0 Å². The van der Waals surface area contributed by atoms with Crippen LogP contribution >= 0.6 is 11.8 Å². The van der Waals surface area contributed by atoms with Gasteiger partial charge in [-0.1, -0.05) is 65.9 Å². The molecule has 1 heterocycles. The van der Waals surface area contributed by atoms with E-state index in [1.54, 1.807) is 10.6 Å². The molecule has 0 aliphatic rings. The Balaban J connectivity index is 1.61. The van der Waals surface area contributed by atoms with Gasteiger partial charge >= 0.3 is 0 Å². The monoisotopic (exact) mass is 443 g/mol. The summed E-state index contributed by atoms with van der Waals surface area (Å²) in [6.07, 6.45) is 0. The van der Waals surface area contributed by atoms with E-state index < -0.39 is 0 Å². The number of para-hydroxylation sites is 1. The zero-order valence-electron chi connectivity index (χ0n) is 18.4. The van der Waals surface area contributed by atoms with Gasteiger partial charge in [0, 0.05) is 5.69 Å².